The zero-order valence-corrected chi connectivity index (χ0v) is 10.7. The Labute approximate surface area is 106 Å². The number of hydrogen-bond donors (Lipinski definition) is 2. The van der Waals surface area contributed by atoms with E-state index in [0.29, 0.717) is 0 Å². The molecule has 0 saturated carbocycles. The summed E-state index contributed by atoms with van der Waals surface area (Å²) in [5, 5.41) is 7.93. The predicted molar refractivity (Wildman–Crippen MR) is 70.3 cm³/mol. The molecule has 0 aliphatic carbocycles. The Morgan fingerprint density at radius 2 is 1.89 bits per heavy atom. The maximum atomic E-state index is 12.1. The summed E-state index contributed by atoms with van der Waals surface area (Å²) in [5.74, 6) is 0.484. The SMILES string of the molecule is COc1ccc(N2C(=O)C(N)C(=N)C2(C)C)cc1. The summed E-state index contributed by atoms with van der Waals surface area (Å²) in [6.07, 6.45) is 0. The van der Waals surface area contributed by atoms with E-state index in [-0.39, 0.29) is 11.6 Å². The van der Waals surface area contributed by atoms with Gasteiger partial charge in [0.25, 0.3) is 5.91 Å². The maximum absolute atomic E-state index is 12.1. The molecule has 0 radical (unpaired) electrons. The number of benzene rings is 1. The lowest BCUT2D eigenvalue weighted by molar-refractivity contribution is -0.118. The van der Waals surface area contributed by atoms with Crippen LogP contribution in [0.25, 0.3) is 0 Å². The van der Waals surface area contributed by atoms with Gasteiger partial charge in [0.1, 0.15) is 11.8 Å². The number of nitrogens with two attached hydrogens (primary N) is 1. The molecule has 96 valence electrons. The first-order valence-corrected chi connectivity index (χ1v) is 5.72. The summed E-state index contributed by atoms with van der Waals surface area (Å²) in [5.41, 5.74) is 6.02. The van der Waals surface area contributed by atoms with Crippen LogP contribution >= 0.6 is 0 Å². The molecular weight excluding hydrogens is 230 g/mol. The molecule has 5 nitrogen and oxygen atoms in total. The number of methoxy groups -OCH3 is 1. The highest BCUT2D eigenvalue weighted by Crippen LogP contribution is 2.32. The average Bonchev–Trinajstić information content (AvgIpc) is 2.51. The van der Waals surface area contributed by atoms with E-state index in [9.17, 15) is 4.79 Å². The van der Waals surface area contributed by atoms with Crippen molar-refractivity contribution in [1.82, 2.24) is 0 Å². The second-order valence-corrected chi connectivity index (χ2v) is 4.82. The number of nitrogens with zero attached hydrogens (tertiary/aromatic N) is 1. The van der Waals surface area contributed by atoms with Crippen molar-refractivity contribution in [3.63, 3.8) is 0 Å². The van der Waals surface area contributed by atoms with E-state index in [1.54, 1.807) is 36.3 Å². The van der Waals surface area contributed by atoms with Crippen LogP contribution in [0.5, 0.6) is 5.75 Å². The van der Waals surface area contributed by atoms with Gasteiger partial charge in [0.2, 0.25) is 0 Å². The van der Waals surface area contributed by atoms with Crippen molar-refractivity contribution in [2.45, 2.75) is 25.4 Å². The van der Waals surface area contributed by atoms with E-state index < -0.39 is 11.6 Å². The van der Waals surface area contributed by atoms with Crippen LogP contribution in [-0.4, -0.2) is 30.3 Å². The van der Waals surface area contributed by atoms with Gasteiger partial charge in [-0.1, -0.05) is 0 Å². The first-order valence-electron chi connectivity index (χ1n) is 5.72. The Morgan fingerprint density at radius 1 is 1.33 bits per heavy atom. The van der Waals surface area contributed by atoms with E-state index >= 15 is 0 Å². The minimum atomic E-state index is -0.845. The lowest BCUT2D eigenvalue weighted by Gasteiger charge is -2.31. The molecule has 5 heteroatoms. The lowest BCUT2D eigenvalue weighted by atomic mass is 9.97. The van der Waals surface area contributed by atoms with Gasteiger partial charge in [-0.15, -0.1) is 0 Å². The third kappa shape index (κ3) is 1.67. The van der Waals surface area contributed by atoms with Crippen molar-refractivity contribution in [2.75, 3.05) is 12.0 Å². The van der Waals surface area contributed by atoms with E-state index in [0.717, 1.165) is 11.4 Å². The topological polar surface area (TPSA) is 79.4 Å². The normalized spacial score (nSPS) is 22.4. The van der Waals surface area contributed by atoms with Gasteiger partial charge in [-0.05, 0) is 38.1 Å². The number of hydrogen-bond acceptors (Lipinski definition) is 4. The molecule has 1 amide bonds. The molecule has 0 bridgehead atoms. The van der Waals surface area contributed by atoms with Crippen LogP contribution in [0.3, 0.4) is 0 Å². The highest BCUT2D eigenvalue weighted by molar-refractivity contribution is 6.25. The monoisotopic (exact) mass is 247 g/mol. The van der Waals surface area contributed by atoms with Crippen molar-refractivity contribution in [2.24, 2.45) is 5.73 Å². The van der Waals surface area contributed by atoms with Crippen LogP contribution in [0.1, 0.15) is 13.8 Å². The van der Waals surface area contributed by atoms with Gasteiger partial charge >= 0.3 is 0 Å². The smallest absolute Gasteiger partial charge is 0.250 e. The third-order valence-corrected chi connectivity index (χ3v) is 3.35. The quantitative estimate of drug-likeness (QED) is 0.823. The molecule has 0 aromatic heterocycles. The van der Waals surface area contributed by atoms with Crippen molar-refractivity contribution >= 4 is 17.3 Å². The van der Waals surface area contributed by atoms with E-state index in [1.165, 1.54) is 0 Å². The number of nitrogens with one attached hydrogen (secondary N) is 1. The minimum Gasteiger partial charge on any atom is -0.497 e. The number of amides is 1. The molecule has 1 fully saturated rings. The second-order valence-electron chi connectivity index (χ2n) is 4.82. The fourth-order valence-electron chi connectivity index (χ4n) is 2.22. The Kier molecular flexibility index (Phi) is 2.86. The second kappa shape index (κ2) is 4.10. The van der Waals surface area contributed by atoms with E-state index in [2.05, 4.69) is 0 Å². The summed E-state index contributed by atoms with van der Waals surface area (Å²) in [6.45, 7) is 3.65. The molecule has 0 spiro atoms. The average molecular weight is 247 g/mol. The number of anilines is 1. The fourth-order valence-corrected chi connectivity index (χ4v) is 2.22. The molecule has 1 aromatic rings. The summed E-state index contributed by atoms with van der Waals surface area (Å²) in [4.78, 5) is 13.7. The zero-order chi connectivity index (χ0) is 13.5. The first-order chi connectivity index (χ1) is 8.39. The van der Waals surface area contributed by atoms with Crippen molar-refractivity contribution < 1.29 is 9.53 Å². The van der Waals surface area contributed by atoms with Crippen LogP contribution in [0.15, 0.2) is 24.3 Å². The predicted octanol–water partition coefficient (Wildman–Crippen LogP) is 1.17. The molecular formula is C13H17N3O2. The molecule has 18 heavy (non-hydrogen) atoms. The molecule has 1 aromatic carbocycles. The van der Waals surface area contributed by atoms with Crippen molar-refractivity contribution in [3.05, 3.63) is 24.3 Å². The Morgan fingerprint density at radius 3 is 2.28 bits per heavy atom. The van der Waals surface area contributed by atoms with Crippen LogP contribution in [0.2, 0.25) is 0 Å². The number of carbonyl (C=O) groups is 1. The highest BCUT2D eigenvalue weighted by Gasteiger charge is 2.48. The molecule has 1 unspecified atom stereocenters. The standard InChI is InChI=1S/C13H17N3O2/c1-13(2)11(15)10(14)12(17)16(13)8-4-6-9(18-3)7-5-8/h4-7,10,15H,14H2,1-3H3. The lowest BCUT2D eigenvalue weighted by Crippen LogP contribution is -2.44. The van der Waals surface area contributed by atoms with Crippen molar-refractivity contribution in [1.29, 1.82) is 5.41 Å². The van der Waals surface area contributed by atoms with E-state index in [1.807, 2.05) is 13.8 Å². The van der Waals surface area contributed by atoms with Crippen LogP contribution in [0, 0.1) is 5.41 Å². The van der Waals surface area contributed by atoms with Crippen LogP contribution in [0.4, 0.5) is 5.69 Å². The molecule has 3 N–H and O–H groups in total. The van der Waals surface area contributed by atoms with Gasteiger partial charge in [0, 0.05) is 5.69 Å². The van der Waals surface area contributed by atoms with Gasteiger partial charge in [-0.3, -0.25) is 9.69 Å². The Hall–Kier alpha value is -1.88. The van der Waals surface area contributed by atoms with Crippen LogP contribution in [-0.2, 0) is 4.79 Å². The number of ether oxygens (including phenoxy) is 1. The highest BCUT2D eigenvalue weighted by atomic mass is 16.5. The zero-order valence-electron chi connectivity index (χ0n) is 10.7. The molecule has 1 atom stereocenters. The molecule has 1 aliphatic heterocycles. The summed E-state index contributed by atoms with van der Waals surface area (Å²) in [7, 11) is 1.59. The minimum absolute atomic E-state index is 0.239. The summed E-state index contributed by atoms with van der Waals surface area (Å²) < 4.78 is 5.08. The molecule has 1 saturated heterocycles. The van der Waals surface area contributed by atoms with E-state index in [4.69, 9.17) is 15.9 Å². The Balaban J connectivity index is 2.42. The molecule has 1 aliphatic rings. The maximum Gasteiger partial charge on any atom is 0.250 e. The largest absolute Gasteiger partial charge is 0.497 e. The van der Waals surface area contributed by atoms with Gasteiger partial charge in [-0.25, -0.2) is 0 Å². The van der Waals surface area contributed by atoms with Gasteiger partial charge in [0.05, 0.1) is 18.4 Å². The molecule has 1 heterocycles. The number of rotatable bonds is 2. The first kappa shape index (κ1) is 12.6. The van der Waals surface area contributed by atoms with Crippen molar-refractivity contribution in [3.8, 4) is 5.75 Å². The Bertz CT molecular complexity index is 493. The summed E-state index contributed by atoms with van der Waals surface area (Å²) in [6, 6.07) is 6.31. The van der Waals surface area contributed by atoms with Gasteiger partial charge in [-0.2, -0.15) is 0 Å². The van der Waals surface area contributed by atoms with Gasteiger partial charge in [0.15, 0.2) is 0 Å². The number of carbonyl (C=O) groups excluding carboxylic acids is 1. The summed E-state index contributed by atoms with van der Waals surface area (Å²) >= 11 is 0. The van der Waals surface area contributed by atoms with Gasteiger partial charge < -0.3 is 15.9 Å². The third-order valence-electron chi connectivity index (χ3n) is 3.35. The molecule has 2 rings (SSSR count). The van der Waals surface area contributed by atoms with Crippen LogP contribution < -0.4 is 15.4 Å². The fraction of sp³-hybridized carbons (Fsp3) is 0.385.